The lowest BCUT2D eigenvalue weighted by Crippen LogP contribution is -2.61. The molecule has 0 aromatic carbocycles. The van der Waals surface area contributed by atoms with Crippen molar-refractivity contribution in [1.29, 1.82) is 0 Å². The maximum Gasteiger partial charge on any atom is 0.458 e. The van der Waals surface area contributed by atoms with Crippen LogP contribution in [0, 0.1) is 0 Å². The van der Waals surface area contributed by atoms with Gasteiger partial charge in [0.2, 0.25) is 0 Å². The summed E-state index contributed by atoms with van der Waals surface area (Å²) in [4.78, 5) is 0. The summed E-state index contributed by atoms with van der Waals surface area (Å²) in [7, 11) is -5.42. The topological polar surface area (TPSA) is 75.7 Å². The molecular weight excluding hydrogens is 410 g/mol. The molecule has 0 aliphatic carbocycles. The summed E-state index contributed by atoms with van der Waals surface area (Å²) in [6.45, 7) is -0.850. The van der Waals surface area contributed by atoms with Gasteiger partial charge in [0.05, 0.1) is 6.10 Å². The van der Waals surface area contributed by atoms with E-state index in [1.165, 1.54) is 6.92 Å². The first-order chi connectivity index (χ1) is 10.7. The molecule has 0 amide bonds. The quantitative estimate of drug-likeness (QED) is 0.357. The van der Waals surface area contributed by atoms with Crippen LogP contribution >= 0.6 is 0 Å². The van der Waals surface area contributed by atoms with Crippen molar-refractivity contribution in [3.05, 3.63) is 0 Å². The third-order valence-electron chi connectivity index (χ3n) is 2.11. The van der Waals surface area contributed by atoms with Gasteiger partial charge < -0.3 is 9.29 Å². The zero-order valence-electron chi connectivity index (χ0n) is 12.2. The minimum atomic E-state index is -6.58. The van der Waals surface area contributed by atoms with Gasteiger partial charge in [-0.2, -0.15) is 35.1 Å². The summed E-state index contributed by atoms with van der Waals surface area (Å²) in [5.74, 6) is -6.20. The SMILES string of the molecule is CCC(C)OC(F)(F)C(F)(OC(F)(F)CF)C(F)(F)F.O=S(=O)([O-])F. The number of ether oxygens (including phenoxy) is 2. The summed E-state index contributed by atoms with van der Waals surface area (Å²) in [5, 5.41) is 0. The molecule has 0 spiro atoms. The smallest absolute Gasteiger partial charge is 0.458 e. The Balaban J connectivity index is 0. The lowest BCUT2D eigenvalue weighted by Gasteiger charge is -2.36. The van der Waals surface area contributed by atoms with Crippen molar-refractivity contribution in [2.24, 2.45) is 0 Å². The Bertz CT molecular complexity index is 499. The Morgan fingerprint density at radius 1 is 1.04 bits per heavy atom. The van der Waals surface area contributed by atoms with Crippen molar-refractivity contribution in [1.82, 2.24) is 0 Å². The average molecular weight is 421 g/mol. The van der Waals surface area contributed by atoms with Crippen LogP contribution < -0.4 is 0 Å². The van der Waals surface area contributed by atoms with E-state index in [1.807, 2.05) is 0 Å². The second-order valence-electron chi connectivity index (χ2n) is 4.21. The number of rotatable bonds is 7. The van der Waals surface area contributed by atoms with Crippen LogP contribution in [0.15, 0.2) is 0 Å². The van der Waals surface area contributed by atoms with E-state index in [0.29, 0.717) is 0 Å². The number of hydrogen-bond donors (Lipinski definition) is 0. The van der Waals surface area contributed by atoms with E-state index in [4.69, 9.17) is 13.0 Å². The molecule has 2 atom stereocenters. The zero-order valence-corrected chi connectivity index (χ0v) is 13.0. The molecule has 0 aromatic heterocycles. The first kappa shape index (κ1) is 26.4. The predicted octanol–water partition coefficient (Wildman–Crippen LogP) is 3.62. The van der Waals surface area contributed by atoms with Gasteiger partial charge in [0.1, 0.15) is 0 Å². The Hall–Kier alpha value is -0.870. The molecule has 0 heterocycles. The summed E-state index contributed by atoms with van der Waals surface area (Å²) in [5.41, 5.74) is 0. The minimum absolute atomic E-state index is 0.261. The van der Waals surface area contributed by atoms with E-state index in [0.717, 1.165) is 6.92 Å². The van der Waals surface area contributed by atoms with Crippen LogP contribution in [-0.4, -0.2) is 50.0 Å². The van der Waals surface area contributed by atoms with Crippen molar-refractivity contribution in [2.45, 2.75) is 50.6 Å². The summed E-state index contributed by atoms with van der Waals surface area (Å²) in [6.07, 6.45) is -19.6. The van der Waals surface area contributed by atoms with Gasteiger partial charge >= 0.3 is 24.2 Å². The highest BCUT2D eigenvalue weighted by Gasteiger charge is 2.77. The molecule has 0 aliphatic heterocycles. The normalized spacial score (nSPS) is 17.3. The first-order valence-corrected chi connectivity index (χ1v) is 7.14. The number of alkyl halides is 9. The molecule has 5 nitrogen and oxygen atoms in total. The van der Waals surface area contributed by atoms with Crippen LogP contribution in [0.1, 0.15) is 20.3 Å². The molecule has 0 N–H and O–H groups in total. The fraction of sp³-hybridized carbons (Fsp3) is 1.00. The van der Waals surface area contributed by atoms with E-state index in [2.05, 4.69) is 9.47 Å². The number of halogens is 10. The average Bonchev–Trinajstić information content (AvgIpc) is 2.34. The van der Waals surface area contributed by atoms with Gasteiger partial charge in [-0.3, -0.25) is 4.74 Å². The first-order valence-electron chi connectivity index (χ1n) is 5.83. The molecule has 0 aromatic rings. The number of hydrogen-bond acceptors (Lipinski definition) is 5. The highest BCUT2D eigenvalue weighted by atomic mass is 32.3. The second kappa shape index (κ2) is 8.68. The van der Waals surface area contributed by atoms with E-state index in [-0.39, 0.29) is 6.42 Å². The van der Waals surface area contributed by atoms with Gasteiger partial charge in [-0.05, 0) is 13.3 Å². The third-order valence-corrected chi connectivity index (χ3v) is 2.11. The van der Waals surface area contributed by atoms with Crippen molar-refractivity contribution in [3.8, 4) is 0 Å². The van der Waals surface area contributed by atoms with Crippen LogP contribution in [-0.2, 0) is 20.0 Å². The molecule has 0 radical (unpaired) electrons. The van der Waals surface area contributed by atoms with Gasteiger partial charge in [-0.15, -0.1) is 3.89 Å². The van der Waals surface area contributed by atoms with Gasteiger partial charge in [0.25, 0.3) is 10.5 Å². The predicted molar refractivity (Wildman–Crippen MR) is 58.5 cm³/mol. The maximum absolute atomic E-state index is 13.4. The highest BCUT2D eigenvalue weighted by Crippen LogP contribution is 2.49. The third kappa shape index (κ3) is 9.41. The molecule has 0 aliphatic rings. The highest BCUT2D eigenvalue weighted by molar-refractivity contribution is 7.80. The Morgan fingerprint density at radius 2 is 1.40 bits per heavy atom. The maximum atomic E-state index is 13.4. The molecule has 0 rings (SSSR count). The van der Waals surface area contributed by atoms with E-state index in [1.54, 1.807) is 0 Å². The van der Waals surface area contributed by atoms with Crippen molar-refractivity contribution >= 4 is 10.5 Å². The summed E-state index contributed by atoms with van der Waals surface area (Å²) < 4.78 is 154. The summed E-state index contributed by atoms with van der Waals surface area (Å²) >= 11 is 0. The zero-order chi connectivity index (χ0) is 20.9. The molecule has 0 fully saturated rings. The second-order valence-corrected chi connectivity index (χ2v) is 5.00. The van der Waals surface area contributed by atoms with Crippen LogP contribution in [0.25, 0.3) is 0 Å². The standard InChI is InChI=1S/C9H11F9O2.FHO3S/c1-3-5(2)19-9(17,18)7(13,8(14,15)16)20-6(11,12)4-10;1-5(2,3)4/h5H,3-4H2,1-2H3;(H,2,3,4)/p-1. The van der Waals surface area contributed by atoms with Gasteiger partial charge in [-0.25, -0.2) is 12.8 Å². The minimum Gasteiger partial charge on any atom is -0.722 e. The van der Waals surface area contributed by atoms with Crippen LogP contribution in [0.4, 0.5) is 43.4 Å². The Kier molecular flexibility index (Phi) is 9.15. The molecular formula is C9H11F10O5S-. The Morgan fingerprint density at radius 3 is 1.64 bits per heavy atom. The monoisotopic (exact) mass is 421 g/mol. The van der Waals surface area contributed by atoms with Crippen LogP contribution in [0.5, 0.6) is 0 Å². The Labute approximate surface area is 134 Å². The van der Waals surface area contributed by atoms with Crippen molar-refractivity contribution < 1.29 is 65.8 Å². The molecule has 2 unspecified atom stereocenters. The molecule has 0 saturated heterocycles. The molecule has 0 bridgehead atoms. The fourth-order valence-corrected chi connectivity index (χ4v) is 0.927. The lowest BCUT2D eigenvalue weighted by atomic mass is 10.2. The van der Waals surface area contributed by atoms with E-state index in [9.17, 15) is 43.4 Å². The van der Waals surface area contributed by atoms with Crippen LogP contribution in [0.3, 0.4) is 0 Å². The van der Waals surface area contributed by atoms with Crippen molar-refractivity contribution in [2.75, 3.05) is 6.67 Å². The van der Waals surface area contributed by atoms with Gasteiger partial charge in [0.15, 0.2) is 6.67 Å². The molecule has 16 heteroatoms. The van der Waals surface area contributed by atoms with Crippen molar-refractivity contribution in [3.63, 3.8) is 0 Å². The lowest BCUT2D eigenvalue weighted by molar-refractivity contribution is -0.504. The largest absolute Gasteiger partial charge is 0.722 e. The fourth-order valence-electron chi connectivity index (χ4n) is 0.927. The molecule has 0 saturated carbocycles. The van der Waals surface area contributed by atoms with E-state index < -0.39 is 47.5 Å². The molecule has 25 heavy (non-hydrogen) atoms. The van der Waals surface area contributed by atoms with E-state index >= 15 is 0 Å². The molecule has 154 valence electrons. The van der Waals surface area contributed by atoms with Crippen LogP contribution in [0.2, 0.25) is 0 Å². The summed E-state index contributed by atoms with van der Waals surface area (Å²) in [6, 6.07) is 0. The van der Waals surface area contributed by atoms with Gasteiger partial charge in [-0.1, -0.05) is 6.92 Å². The van der Waals surface area contributed by atoms with Gasteiger partial charge in [0, 0.05) is 0 Å².